The minimum absolute atomic E-state index is 0.110. The number of hydrogen-bond donors (Lipinski definition) is 1. The number of aromatic nitrogens is 4. The van der Waals surface area contributed by atoms with Crippen LogP contribution >= 0.6 is 11.3 Å². The third-order valence-corrected chi connectivity index (χ3v) is 6.14. The van der Waals surface area contributed by atoms with Gasteiger partial charge in [0.1, 0.15) is 10.6 Å². The largest absolute Gasteiger partial charge is 0.491 e. The lowest BCUT2D eigenvalue weighted by Gasteiger charge is -2.30. The molecule has 0 fully saturated rings. The first-order valence-corrected chi connectivity index (χ1v) is 10.5. The van der Waals surface area contributed by atoms with Gasteiger partial charge in [-0.05, 0) is 57.5 Å². The lowest BCUT2D eigenvalue weighted by molar-refractivity contribution is -0.0379. The van der Waals surface area contributed by atoms with Gasteiger partial charge in [0.25, 0.3) is 0 Å². The molecule has 1 aromatic carbocycles. The van der Waals surface area contributed by atoms with Gasteiger partial charge in [0.2, 0.25) is 0 Å². The lowest BCUT2D eigenvalue weighted by Crippen LogP contribution is -2.31. The highest BCUT2D eigenvalue weighted by molar-refractivity contribution is 7.19. The minimum atomic E-state index is -0.287. The maximum atomic E-state index is 12.6. The van der Waals surface area contributed by atoms with E-state index in [1.807, 2.05) is 38.1 Å². The fraction of sp³-hybridized carbons (Fsp3) is 0.381. The number of aromatic amines is 1. The number of nitrogens with one attached hydrogen (secondary N) is 1. The Bertz CT molecular complexity index is 1280. The van der Waals surface area contributed by atoms with E-state index < -0.39 is 0 Å². The van der Waals surface area contributed by atoms with Crippen molar-refractivity contribution < 1.29 is 9.47 Å². The summed E-state index contributed by atoms with van der Waals surface area (Å²) in [6, 6.07) is 7.62. The van der Waals surface area contributed by atoms with E-state index in [2.05, 4.69) is 23.9 Å². The lowest BCUT2D eigenvalue weighted by atomic mass is 9.94. The molecule has 150 valence electrons. The van der Waals surface area contributed by atoms with Gasteiger partial charge in [0.05, 0.1) is 23.7 Å². The molecule has 4 aromatic rings. The van der Waals surface area contributed by atoms with E-state index in [0.717, 1.165) is 32.8 Å². The first-order chi connectivity index (χ1) is 13.8. The number of fused-ring (bicyclic) bond motifs is 5. The van der Waals surface area contributed by atoms with Crippen molar-refractivity contribution in [3.63, 3.8) is 0 Å². The van der Waals surface area contributed by atoms with Crippen LogP contribution in [-0.2, 0) is 17.8 Å². The van der Waals surface area contributed by atoms with Gasteiger partial charge in [0, 0.05) is 16.9 Å². The Hall–Kier alpha value is -2.71. The van der Waals surface area contributed by atoms with Gasteiger partial charge in [-0.25, -0.2) is 9.78 Å². The summed E-state index contributed by atoms with van der Waals surface area (Å²) < 4.78 is 13.0. The molecule has 1 N–H and O–H groups in total. The predicted octanol–water partition coefficient (Wildman–Crippen LogP) is 3.94. The standard InChI is InChI=1S/C21H22N4O3S/c1-11(2)28-13-7-5-12(6-8-13)17-22-18-16-14-9-21(3,4)27-10-15(14)29-19(16)23-20(26)25(18)24-17/h5-8,11H,9-10H2,1-4H3,(H,23,26). The van der Waals surface area contributed by atoms with E-state index in [9.17, 15) is 4.79 Å². The molecule has 29 heavy (non-hydrogen) atoms. The second-order valence-corrected chi connectivity index (χ2v) is 9.33. The highest BCUT2D eigenvalue weighted by atomic mass is 32.1. The average Bonchev–Trinajstić information content (AvgIpc) is 3.22. The number of H-pyrrole nitrogens is 1. The van der Waals surface area contributed by atoms with Crippen LogP contribution in [0.2, 0.25) is 0 Å². The van der Waals surface area contributed by atoms with Crippen LogP contribution < -0.4 is 10.4 Å². The Labute approximate surface area is 171 Å². The van der Waals surface area contributed by atoms with Crippen LogP contribution in [0.5, 0.6) is 5.75 Å². The molecule has 0 saturated heterocycles. The van der Waals surface area contributed by atoms with Crippen LogP contribution in [0.1, 0.15) is 38.1 Å². The number of rotatable bonds is 3. The Balaban J connectivity index is 1.66. The van der Waals surface area contributed by atoms with Crippen LogP contribution in [0.3, 0.4) is 0 Å². The van der Waals surface area contributed by atoms with Gasteiger partial charge < -0.3 is 9.47 Å². The van der Waals surface area contributed by atoms with Crippen LogP contribution in [0.25, 0.3) is 27.3 Å². The maximum absolute atomic E-state index is 12.6. The molecule has 8 heteroatoms. The van der Waals surface area contributed by atoms with Crippen molar-refractivity contribution in [2.24, 2.45) is 0 Å². The zero-order valence-electron chi connectivity index (χ0n) is 16.8. The van der Waals surface area contributed by atoms with Crippen LogP contribution in [0, 0.1) is 0 Å². The normalized spacial score (nSPS) is 15.9. The number of thiophene rings is 1. The smallest absolute Gasteiger partial charge is 0.349 e. The molecule has 0 bridgehead atoms. The quantitative estimate of drug-likeness (QED) is 0.553. The molecule has 5 rings (SSSR count). The van der Waals surface area contributed by atoms with E-state index in [0.29, 0.717) is 18.1 Å². The van der Waals surface area contributed by atoms with Crippen molar-refractivity contribution in [2.75, 3.05) is 0 Å². The van der Waals surface area contributed by atoms with Gasteiger partial charge >= 0.3 is 5.69 Å². The average molecular weight is 410 g/mol. The van der Waals surface area contributed by atoms with Crippen LogP contribution in [0.4, 0.5) is 0 Å². The van der Waals surface area contributed by atoms with Crippen molar-refractivity contribution in [2.45, 2.75) is 52.4 Å². The predicted molar refractivity (Wildman–Crippen MR) is 113 cm³/mol. The molecule has 0 saturated carbocycles. The van der Waals surface area contributed by atoms with Crippen molar-refractivity contribution in [3.8, 4) is 17.1 Å². The zero-order valence-corrected chi connectivity index (χ0v) is 17.6. The minimum Gasteiger partial charge on any atom is -0.491 e. The summed E-state index contributed by atoms with van der Waals surface area (Å²) in [5.41, 5.74) is 2.09. The summed E-state index contributed by atoms with van der Waals surface area (Å²) >= 11 is 1.56. The molecule has 0 amide bonds. The van der Waals surface area contributed by atoms with Gasteiger partial charge in [-0.15, -0.1) is 16.4 Å². The molecule has 3 aromatic heterocycles. The van der Waals surface area contributed by atoms with Crippen molar-refractivity contribution in [1.29, 1.82) is 0 Å². The summed E-state index contributed by atoms with van der Waals surface area (Å²) in [6.07, 6.45) is 0.881. The highest BCUT2D eigenvalue weighted by Crippen LogP contribution is 2.39. The molecule has 4 heterocycles. The first kappa shape index (κ1) is 18.3. The van der Waals surface area contributed by atoms with Gasteiger partial charge in [-0.2, -0.15) is 4.52 Å². The molecule has 0 aliphatic carbocycles. The molecule has 1 aliphatic heterocycles. The molecular formula is C21H22N4O3S. The number of ether oxygens (including phenoxy) is 2. The Morgan fingerprint density at radius 2 is 2.03 bits per heavy atom. The number of nitrogens with zero attached hydrogens (tertiary/aromatic N) is 3. The Kier molecular flexibility index (Phi) is 4.04. The molecule has 1 aliphatic rings. The van der Waals surface area contributed by atoms with Crippen LogP contribution in [-0.4, -0.2) is 31.3 Å². The summed E-state index contributed by atoms with van der Waals surface area (Å²) in [4.78, 5) is 22.3. The second kappa shape index (κ2) is 6.40. The summed E-state index contributed by atoms with van der Waals surface area (Å²) in [5.74, 6) is 1.31. The van der Waals surface area contributed by atoms with Crippen molar-refractivity contribution in [3.05, 3.63) is 45.2 Å². The third kappa shape index (κ3) is 3.12. The van der Waals surface area contributed by atoms with E-state index in [4.69, 9.17) is 14.5 Å². The van der Waals surface area contributed by atoms with Gasteiger partial charge in [0.15, 0.2) is 11.5 Å². The number of benzene rings is 1. The maximum Gasteiger partial charge on any atom is 0.349 e. The van der Waals surface area contributed by atoms with Crippen molar-refractivity contribution in [1.82, 2.24) is 19.6 Å². The topological polar surface area (TPSA) is 81.5 Å². The second-order valence-electron chi connectivity index (χ2n) is 8.23. The van der Waals surface area contributed by atoms with Gasteiger partial charge in [-0.3, -0.25) is 4.98 Å². The van der Waals surface area contributed by atoms with E-state index in [1.165, 1.54) is 10.1 Å². The van der Waals surface area contributed by atoms with Gasteiger partial charge in [-0.1, -0.05) is 0 Å². The monoisotopic (exact) mass is 410 g/mol. The van der Waals surface area contributed by atoms with E-state index >= 15 is 0 Å². The summed E-state index contributed by atoms with van der Waals surface area (Å²) in [6.45, 7) is 8.69. The van der Waals surface area contributed by atoms with Crippen LogP contribution in [0.15, 0.2) is 29.1 Å². The summed E-state index contributed by atoms with van der Waals surface area (Å²) in [5, 5.41) is 5.45. The third-order valence-electron chi connectivity index (χ3n) is 5.02. The summed E-state index contributed by atoms with van der Waals surface area (Å²) in [7, 11) is 0. The molecular weight excluding hydrogens is 388 g/mol. The molecule has 0 radical (unpaired) electrons. The van der Waals surface area contributed by atoms with E-state index in [-0.39, 0.29) is 17.4 Å². The fourth-order valence-electron chi connectivity index (χ4n) is 3.72. The Morgan fingerprint density at radius 3 is 2.76 bits per heavy atom. The Morgan fingerprint density at radius 1 is 1.28 bits per heavy atom. The molecule has 0 atom stereocenters. The molecule has 7 nitrogen and oxygen atoms in total. The first-order valence-electron chi connectivity index (χ1n) is 9.65. The van der Waals surface area contributed by atoms with E-state index in [1.54, 1.807) is 11.3 Å². The SMILES string of the molecule is CC(C)Oc1ccc(-c2nc3c4c5c(sc4[nH]c(=O)n3n2)COC(C)(C)C5)cc1. The highest BCUT2D eigenvalue weighted by Gasteiger charge is 2.31. The molecule has 0 unspecified atom stereocenters. The molecule has 0 spiro atoms. The fourth-order valence-corrected chi connectivity index (χ4v) is 4.84. The van der Waals surface area contributed by atoms with Crippen molar-refractivity contribution >= 4 is 27.2 Å². The number of hydrogen-bond acceptors (Lipinski definition) is 6. The zero-order chi connectivity index (χ0) is 20.3.